The van der Waals surface area contributed by atoms with Crippen molar-refractivity contribution in [3.05, 3.63) is 36.9 Å². The molecule has 0 saturated carbocycles. The van der Waals surface area contributed by atoms with Gasteiger partial charge in [0.1, 0.15) is 0 Å². The Morgan fingerprint density at radius 1 is 1.38 bits per heavy atom. The normalized spacial score (nSPS) is 13.0. The SMILES string of the molecule is Cc1nc(CC(O)c2scc(C)c2Cl)cs1. The van der Waals surface area contributed by atoms with Crippen molar-refractivity contribution in [2.24, 2.45) is 0 Å². The van der Waals surface area contributed by atoms with Gasteiger partial charge < -0.3 is 5.11 Å². The molecule has 86 valence electrons. The monoisotopic (exact) mass is 273 g/mol. The molecule has 0 spiro atoms. The van der Waals surface area contributed by atoms with Crippen molar-refractivity contribution in [3.63, 3.8) is 0 Å². The minimum absolute atomic E-state index is 0.532. The molecule has 0 radical (unpaired) electrons. The van der Waals surface area contributed by atoms with Crippen molar-refractivity contribution in [3.8, 4) is 0 Å². The molecule has 2 rings (SSSR count). The third kappa shape index (κ3) is 2.46. The number of aliphatic hydroxyl groups is 1. The van der Waals surface area contributed by atoms with E-state index in [-0.39, 0.29) is 0 Å². The Kier molecular flexibility index (Phi) is 3.64. The molecule has 1 unspecified atom stereocenters. The molecule has 0 aliphatic heterocycles. The van der Waals surface area contributed by atoms with Crippen LogP contribution < -0.4 is 0 Å². The van der Waals surface area contributed by atoms with E-state index < -0.39 is 6.10 Å². The van der Waals surface area contributed by atoms with Crippen molar-refractivity contribution in [1.82, 2.24) is 4.98 Å². The van der Waals surface area contributed by atoms with E-state index in [1.54, 1.807) is 11.3 Å². The molecule has 1 atom stereocenters. The van der Waals surface area contributed by atoms with Gasteiger partial charge in [0.15, 0.2) is 0 Å². The van der Waals surface area contributed by atoms with Crippen molar-refractivity contribution < 1.29 is 5.11 Å². The number of thiophene rings is 1. The maximum absolute atomic E-state index is 10.1. The fraction of sp³-hybridized carbons (Fsp3) is 0.364. The van der Waals surface area contributed by atoms with Gasteiger partial charge in [-0.3, -0.25) is 0 Å². The minimum atomic E-state index is -0.548. The number of rotatable bonds is 3. The molecular weight excluding hydrogens is 262 g/mol. The molecule has 2 aromatic rings. The highest BCUT2D eigenvalue weighted by Crippen LogP contribution is 2.33. The fourth-order valence-electron chi connectivity index (χ4n) is 1.47. The molecule has 2 aromatic heterocycles. The summed E-state index contributed by atoms with van der Waals surface area (Å²) in [7, 11) is 0. The van der Waals surface area contributed by atoms with Crippen molar-refractivity contribution >= 4 is 34.3 Å². The summed E-state index contributed by atoms with van der Waals surface area (Å²) in [6.45, 7) is 3.91. The van der Waals surface area contributed by atoms with E-state index in [0.29, 0.717) is 11.4 Å². The van der Waals surface area contributed by atoms with Gasteiger partial charge in [0.25, 0.3) is 0 Å². The van der Waals surface area contributed by atoms with Gasteiger partial charge in [0, 0.05) is 11.8 Å². The highest BCUT2D eigenvalue weighted by Gasteiger charge is 2.16. The zero-order valence-corrected chi connectivity index (χ0v) is 11.4. The summed E-state index contributed by atoms with van der Waals surface area (Å²) in [5, 5.41) is 15.7. The Bertz CT molecular complexity index is 492. The number of aliphatic hydroxyl groups excluding tert-OH is 1. The first-order valence-corrected chi connectivity index (χ1v) is 7.04. The molecule has 2 heterocycles. The standard InChI is InChI=1S/C11H12ClNOS2/c1-6-4-16-11(10(6)12)9(14)3-8-5-15-7(2)13-8/h4-5,9,14H,3H2,1-2H3. The van der Waals surface area contributed by atoms with Crippen LogP contribution in [0.3, 0.4) is 0 Å². The molecule has 0 aliphatic rings. The molecule has 0 saturated heterocycles. The molecule has 16 heavy (non-hydrogen) atoms. The zero-order chi connectivity index (χ0) is 11.7. The van der Waals surface area contributed by atoms with Crippen LogP contribution in [0.25, 0.3) is 0 Å². The highest BCUT2D eigenvalue weighted by molar-refractivity contribution is 7.11. The maximum Gasteiger partial charge on any atom is 0.0952 e. The van der Waals surface area contributed by atoms with Crippen molar-refractivity contribution in [2.45, 2.75) is 26.4 Å². The first kappa shape index (κ1) is 12.0. The van der Waals surface area contributed by atoms with Gasteiger partial charge in [-0.15, -0.1) is 22.7 Å². The van der Waals surface area contributed by atoms with Crippen molar-refractivity contribution in [2.75, 3.05) is 0 Å². The number of aryl methyl sites for hydroxylation is 2. The van der Waals surface area contributed by atoms with Crippen molar-refractivity contribution in [1.29, 1.82) is 0 Å². The predicted molar refractivity (Wildman–Crippen MR) is 69.6 cm³/mol. The lowest BCUT2D eigenvalue weighted by Gasteiger charge is -2.07. The average Bonchev–Trinajstić information content (AvgIpc) is 2.76. The average molecular weight is 274 g/mol. The van der Waals surface area contributed by atoms with E-state index in [1.807, 2.05) is 24.6 Å². The predicted octanol–water partition coefficient (Wildman–Crippen LogP) is 3.75. The topological polar surface area (TPSA) is 33.1 Å². The summed E-state index contributed by atoms with van der Waals surface area (Å²) in [6.07, 6.45) is -0.0167. The van der Waals surface area contributed by atoms with Gasteiger partial charge in [-0.1, -0.05) is 11.6 Å². The Morgan fingerprint density at radius 2 is 2.12 bits per heavy atom. The first-order valence-electron chi connectivity index (χ1n) is 4.90. The largest absolute Gasteiger partial charge is 0.387 e. The second kappa shape index (κ2) is 4.84. The third-order valence-corrected chi connectivity index (χ3v) is 4.93. The van der Waals surface area contributed by atoms with E-state index in [2.05, 4.69) is 4.98 Å². The summed E-state index contributed by atoms with van der Waals surface area (Å²) < 4.78 is 0. The quantitative estimate of drug-likeness (QED) is 0.924. The van der Waals surface area contributed by atoms with Crippen LogP contribution in [0.2, 0.25) is 5.02 Å². The van der Waals surface area contributed by atoms with Crippen LogP contribution >= 0.6 is 34.3 Å². The Labute approximate surface area is 108 Å². The molecular formula is C11H12ClNOS2. The van der Waals surface area contributed by atoms with Gasteiger partial charge in [0.2, 0.25) is 0 Å². The molecule has 0 aromatic carbocycles. The molecule has 1 N–H and O–H groups in total. The van der Waals surface area contributed by atoms with E-state index in [9.17, 15) is 5.11 Å². The van der Waals surface area contributed by atoms with Crippen LogP contribution in [0.5, 0.6) is 0 Å². The number of hydrogen-bond acceptors (Lipinski definition) is 4. The van der Waals surface area contributed by atoms with E-state index in [0.717, 1.165) is 21.1 Å². The van der Waals surface area contributed by atoms with Crippen LogP contribution in [0.15, 0.2) is 10.8 Å². The van der Waals surface area contributed by atoms with Crippen LogP contribution in [0.4, 0.5) is 0 Å². The van der Waals surface area contributed by atoms with Gasteiger partial charge in [0.05, 0.1) is 26.7 Å². The van der Waals surface area contributed by atoms with Crippen LogP contribution in [-0.4, -0.2) is 10.1 Å². The summed E-state index contributed by atoms with van der Waals surface area (Å²) in [5.74, 6) is 0. The second-order valence-corrected chi connectivity index (χ2v) is 6.03. The summed E-state index contributed by atoms with van der Waals surface area (Å²) in [4.78, 5) is 5.17. The number of nitrogens with zero attached hydrogens (tertiary/aromatic N) is 1. The number of halogens is 1. The smallest absolute Gasteiger partial charge is 0.0952 e. The number of thiazole rings is 1. The molecule has 0 fully saturated rings. The summed E-state index contributed by atoms with van der Waals surface area (Å²) >= 11 is 9.21. The van der Waals surface area contributed by atoms with E-state index in [1.165, 1.54) is 11.3 Å². The first-order chi connectivity index (χ1) is 7.58. The fourth-order valence-corrected chi connectivity index (χ4v) is 3.40. The lowest BCUT2D eigenvalue weighted by Crippen LogP contribution is -2.00. The summed E-state index contributed by atoms with van der Waals surface area (Å²) in [5.41, 5.74) is 1.95. The van der Waals surface area contributed by atoms with E-state index in [4.69, 9.17) is 11.6 Å². The van der Waals surface area contributed by atoms with Gasteiger partial charge in [-0.05, 0) is 24.8 Å². The minimum Gasteiger partial charge on any atom is -0.387 e. The molecule has 5 heteroatoms. The van der Waals surface area contributed by atoms with Gasteiger partial charge in [-0.25, -0.2) is 4.98 Å². The number of aromatic nitrogens is 1. The van der Waals surface area contributed by atoms with Gasteiger partial charge in [-0.2, -0.15) is 0 Å². The number of hydrogen-bond donors (Lipinski definition) is 1. The Balaban J connectivity index is 2.14. The Hall–Kier alpha value is -0.420. The molecule has 0 amide bonds. The maximum atomic E-state index is 10.1. The zero-order valence-electron chi connectivity index (χ0n) is 9.03. The highest BCUT2D eigenvalue weighted by atomic mass is 35.5. The Morgan fingerprint density at radius 3 is 2.62 bits per heavy atom. The van der Waals surface area contributed by atoms with Crippen LogP contribution in [0.1, 0.15) is 27.2 Å². The second-order valence-electron chi connectivity index (χ2n) is 3.67. The summed E-state index contributed by atoms with van der Waals surface area (Å²) in [6, 6.07) is 0. The molecule has 2 nitrogen and oxygen atoms in total. The lowest BCUT2D eigenvalue weighted by molar-refractivity contribution is 0.181. The van der Waals surface area contributed by atoms with Crippen LogP contribution in [-0.2, 0) is 6.42 Å². The lowest BCUT2D eigenvalue weighted by atomic mass is 10.1. The van der Waals surface area contributed by atoms with Gasteiger partial charge >= 0.3 is 0 Å². The third-order valence-electron chi connectivity index (χ3n) is 2.30. The molecule has 0 bridgehead atoms. The van der Waals surface area contributed by atoms with Crippen LogP contribution in [0, 0.1) is 13.8 Å². The van der Waals surface area contributed by atoms with E-state index >= 15 is 0 Å². The molecule has 0 aliphatic carbocycles.